The van der Waals surface area contributed by atoms with Crippen molar-refractivity contribution in [2.24, 2.45) is 0 Å². The minimum atomic E-state index is -0.800. The van der Waals surface area contributed by atoms with E-state index >= 15 is 0 Å². The number of hydrogen-bond donors (Lipinski definition) is 2. The molecule has 0 aliphatic carbocycles. The molecule has 0 saturated carbocycles. The van der Waals surface area contributed by atoms with Crippen molar-refractivity contribution in [3.8, 4) is 6.07 Å². The maximum absolute atomic E-state index is 10.0. The molecule has 1 fully saturated rings. The van der Waals surface area contributed by atoms with Crippen molar-refractivity contribution in [3.63, 3.8) is 0 Å². The minimum Gasteiger partial charge on any atom is -0.386 e. The van der Waals surface area contributed by atoms with Gasteiger partial charge in [-0.1, -0.05) is 0 Å². The van der Waals surface area contributed by atoms with Crippen LogP contribution in [0.15, 0.2) is 0 Å². The van der Waals surface area contributed by atoms with Crippen LogP contribution in [0.4, 0.5) is 0 Å². The van der Waals surface area contributed by atoms with Crippen LogP contribution in [0.2, 0.25) is 0 Å². The molecule has 4 nitrogen and oxygen atoms in total. The summed E-state index contributed by atoms with van der Waals surface area (Å²) in [5.74, 6) is 0. The number of nitrogens with zero attached hydrogens (tertiary/aromatic N) is 1. The Balaban J connectivity index is 2.39. The summed E-state index contributed by atoms with van der Waals surface area (Å²) in [5.41, 5.74) is -0.800. The van der Waals surface area contributed by atoms with Crippen molar-refractivity contribution >= 4 is 0 Å². The number of ether oxygens (including phenoxy) is 1. The molecule has 1 aliphatic rings. The molecule has 1 saturated heterocycles. The average Bonchev–Trinajstić information content (AvgIpc) is 2.44. The van der Waals surface area contributed by atoms with Gasteiger partial charge in [-0.05, 0) is 13.8 Å². The van der Waals surface area contributed by atoms with Gasteiger partial charge in [-0.15, -0.1) is 0 Å². The highest BCUT2D eigenvalue weighted by Crippen LogP contribution is 2.24. The van der Waals surface area contributed by atoms with Crippen LogP contribution in [0, 0.1) is 11.3 Å². The van der Waals surface area contributed by atoms with Gasteiger partial charge in [0.2, 0.25) is 0 Å². The third kappa shape index (κ3) is 2.41. The first kappa shape index (κ1) is 10.5. The van der Waals surface area contributed by atoms with Crippen LogP contribution in [0.1, 0.15) is 20.3 Å². The lowest BCUT2D eigenvalue weighted by atomic mass is 9.96. The molecule has 1 aliphatic heterocycles. The van der Waals surface area contributed by atoms with Gasteiger partial charge in [0, 0.05) is 19.6 Å². The van der Waals surface area contributed by atoms with E-state index in [4.69, 9.17) is 10.00 Å². The molecule has 0 amide bonds. The van der Waals surface area contributed by atoms with Gasteiger partial charge in [-0.3, -0.25) is 5.32 Å². The predicted molar refractivity (Wildman–Crippen MR) is 48.1 cm³/mol. The molecule has 3 unspecified atom stereocenters. The number of nitrogens with one attached hydrogen (secondary N) is 1. The lowest BCUT2D eigenvalue weighted by Crippen LogP contribution is -2.47. The summed E-state index contributed by atoms with van der Waals surface area (Å²) in [7, 11) is 0. The Morgan fingerprint density at radius 3 is 3.00 bits per heavy atom. The first-order valence-electron chi connectivity index (χ1n) is 4.55. The molecule has 4 heteroatoms. The molecule has 0 spiro atoms. The Kier molecular flexibility index (Phi) is 3.26. The van der Waals surface area contributed by atoms with Crippen LogP contribution in [0.5, 0.6) is 0 Å². The van der Waals surface area contributed by atoms with Crippen LogP contribution in [0.3, 0.4) is 0 Å². The summed E-state index contributed by atoms with van der Waals surface area (Å²) in [6.07, 6.45) is 0.491. The molecule has 2 N–H and O–H groups in total. The molecule has 0 radical (unpaired) electrons. The van der Waals surface area contributed by atoms with Crippen molar-refractivity contribution < 1.29 is 9.84 Å². The van der Waals surface area contributed by atoms with Crippen LogP contribution in [-0.2, 0) is 4.74 Å². The van der Waals surface area contributed by atoms with Crippen molar-refractivity contribution in [3.05, 3.63) is 0 Å². The van der Waals surface area contributed by atoms with Crippen molar-refractivity contribution in [2.75, 3.05) is 13.2 Å². The molecule has 1 rings (SSSR count). The topological polar surface area (TPSA) is 65.3 Å². The summed E-state index contributed by atoms with van der Waals surface area (Å²) in [5, 5.41) is 21.5. The fraction of sp³-hybridized carbons (Fsp3) is 0.889. The molecule has 0 aromatic heterocycles. The third-order valence-corrected chi connectivity index (χ3v) is 2.57. The van der Waals surface area contributed by atoms with Gasteiger partial charge < -0.3 is 9.84 Å². The smallest absolute Gasteiger partial charge is 0.105 e. The maximum atomic E-state index is 10.0. The van der Waals surface area contributed by atoms with Gasteiger partial charge in [0.1, 0.15) is 5.60 Å². The number of nitriles is 1. The predicted octanol–water partition coefficient (Wildman–Crippen LogP) is 0.0280. The number of hydrogen-bond acceptors (Lipinski definition) is 4. The summed E-state index contributed by atoms with van der Waals surface area (Å²) in [4.78, 5) is 0. The number of rotatable bonds is 3. The maximum Gasteiger partial charge on any atom is 0.105 e. The van der Waals surface area contributed by atoms with Crippen LogP contribution < -0.4 is 5.32 Å². The summed E-state index contributed by atoms with van der Waals surface area (Å²) < 4.78 is 5.26. The van der Waals surface area contributed by atoms with Crippen LogP contribution >= 0.6 is 0 Å². The molecule has 1 heterocycles. The highest BCUT2D eigenvalue weighted by atomic mass is 16.5. The van der Waals surface area contributed by atoms with E-state index in [1.54, 1.807) is 6.92 Å². The summed E-state index contributed by atoms with van der Waals surface area (Å²) in [6.45, 7) is 4.64. The molecule has 0 aromatic carbocycles. The second-order valence-corrected chi connectivity index (χ2v) is 3.60. The van der Waals surface area contributed by atoms with Gasteiger partial charge >= 0.3 is 0 Å². The van der Waals surface area contributed by atoms with Gasteiger partial charge in [-0.2, -0.15) is 5.26 Å². The standard InChI is InChI=1S/C9H16N2O2/c1-7(5-10)11-6-9(12)3-4-13-8(9)2/h7-8,11-12H,3-4,6H2,1-2H3. The lowest BCUT2D eigenvalue weighted by molar-refractivity contribution is -0.0266. The van der Waals surface area contributed by atoms with E-state index < -0.39 is 5.60 Å². The Bertz CT molecular complexity index is 214. The number of aliphatic hydroxyl groups is 1. The van der Waals surface area contributed by atoms with Gasteiger partial charge in [-0.25, -0.2) is 0 Å². The fourth-order valence-corrected chi connectivity index (χ4v) is 1.38. The zero-order chi connectivity index (χ0) is 9.90. The van der Waals surface area contributed by atoms with Crippen molar-refractivity contribution in [2.45, 2.75) is 38.0 Å². The van der Waals surface area contributed by atoms with Crippen LogP contribution in [-0.4, -0.2) is 36.0 Å². The zero-order valence-corrected chi connectivity index (χ0v) is 8.08. The lowest BCUT2D eigenvalue weighted by Gasteiger charge is -2.26. The fourth-order valence-electron chi connectivity index (χ4n) is 1.38. The van der Waals surface area contributed by atoms with E-state index in [2.05, 4.69) is 11.4 Å². The quantitative estimate of drug-likeness (QED) is 0.649. The monoisotopic (exact) mass is 184 g/mol. The van der Waals surface area contributed by atoms with Gasteiger partial charge in [0.25, 0.3) is 0 Å². The largest absolute Gasteiger partial charge is 0.386 e. The SMILES string of the molecule is CC(C#N)NCC1(O)CCOC1C. The minimum absolute atomic E-state index is 0.147. The average molecular weight is 184 g/mol. The highest BCUT2D eigenvalue weighted by molar-refractivity contribution is 4.95. The van der Waals surface area contributed by atoms with Crippen LogP contribution in [0.25, 0.3) is 0 Å². The summed E-state index contributed by atoms with van der Waals surface area (Å²) >= 11 is 0. The van der Waals surface area contributed by atoms with E-state index in [-0.39, 0.29) is 12.1 Å². The highest BCUT2D eigenvalue weighted by Gasteiger charge is 2.39. The molecule has 0 aromatic rings. The molecule has 74 valence electrons. The van der Waals surface area contributed by atoms with E-state index in [0.717, 1.165) is 0 Å². The molecule has 3 atom stereocenters. The molecular formula is C9H16N2O2. The molecular weight excluding hydrogens is 168 g/mol. The van der Waals surface area contributed by atoms with Crippen molar-refractivity contribution in [1.82, 2.24) is 5.32 Å². The second-order valence-electron chi connectivity index (χ2n) is 3.60. The van der Waals surface area contributed by atoms with E-state index in [9.17, 15) is 5.11 Å². The Hall–Kier alpha value is -0.630. The second kappa shape index (κ2) is 4.05. The normalized spacial score (nSPS) is 35.7. The van der Waals surface area contributed by atoms with E-state index in [1.165, 1.54) is 0 Å². The molecule has 0 bridgehead atoms. The Morgan fingerprint density at radius 1 is 1.85 bits per heavy atom. The van der Waals surface area contributed by atoms with E-state index in [1.807, 2.05) is 6.92 Å². The molecule has 13 heavy (non-hydrogen) atoms. The first-order valence-corrected chi connectivity index (χ1v) is 4.55. The first-order chi connectivity index (χ1) is 6.08. The Labute approximate surface area is 78.5 Å². The van der Waals surface area contributed by atoms with Crippen molar-refractivity contribution in [1.29, 1.82) is 5.26 Å². The summed E-state index contributed by atoms with van der Waals surface area (Å²) in [6, 6.07) is 1.83. The van der Waals surface area contributed by atoms with E-state index in [0.29, 0.717) is 19.6 Å². The van der Waals surface area contributed by atoms with Gasteiger partial charge in [0.15, 0.2) is 0 Å². The third-order valence-electron chi connectivity index (χ3n) is 2.57. The Morgan fingerprint density at radius 2 is 2.54 bits per heavy atom. The zero-order valence-electron chi connectivity index (χ0n) is 8.08. The van der Waals surface area contributed by atoms with Gasteiger partial charge in [0.05, 0.1) is 18.2 Å².